The fraction of sp³-hybridized carbons (Fsp3) is 0.235. The van der Waals surface area contributed by atoms with Crippen molar-refractivity contribution in [3.05, 3.63) is 53.8 Å². The van der Waals surface area contributed by atoms with Gasteiger partial charge in [0, 0.05) is 12.2 Å². The summed E-state index contributed by atoms with van der Waals surface area (Å²) in [4.78, 5) is 11.5. The lowest BCUT2D eigenvalue weighted by Gasteiger charge is -2.11. The van der Waals surface area contributed by atoms with Crippen molar-refractivity contribution in [2.75, 3.05) is 24.9 Å². The number of alkyl halides is 1. The van der Waals surface area contributed by atoms with Gasteiger partial charge in [0.2, 0.25) is 0 Å². The Balaban J connectivity index is 2.19. The number of carbonyl (C=O) groups is 1. The molecule has 0 aliphatic heterocycles. The summed E-state index contributed by atoms with van der Waals surface area (Å²) in [5, 5.41) is 12.4. The third-order valence-electron chi connectivity index (χ3n) is 3.26. The minimum atomic E-state index is -0.623. The van der Waals surface area contributed by atoms with E-state index in [0.29, 0.717) is 12.1 Å². The molecular formula is C17H17ClFNO3. The van der Waals surface area contributed by atoms with Crippen LogP contribution in [0, 0.1) is 5.82 Å². The molecule has 2 aromatic carbocycles. The summed E-state index contributed by atoms with van der Waals surface area (Å²) in [6.45, 7) is 0.343. The molecule has 0 radical (unpaired) electrons. The number of anilines is 1. The molecule has 0 aromatic heterocycles. The Morgan fingerprint density at radius 1 is 1.26 bits per heavy atom. The van der Waals surface area contributed by atoms with Crippen molar-refractivity contribution in [3.8, 4) is 11.1 Å². The Morgan fingerprint density at radius 3 is 2.57 bits per heavy atom. The Hall–Kier alpha value is -2.11. The summed E-state index contributed by atoms with van der Waals surface area (Å²) in [7, 11) is 1.25. The van der Waals surface area contributed by atoms with Gasteiger partial charge in [0.25, 0.3) is 0 Å². The van der Waals surface area contributed by atoms with Gasteiger partial charge < -0.3 is 15.2 Å². The van der Waals surface area contributed by atoms with E-state index in [-0.39, 0.29) is 11.4 Å². The monoisotopic (exact) mass is 337 g/mol. The largest absolute Gasteiger partial charge is 0.465 e. The molecule has 0 spiro atoms. The molecule has 1 atom stereocenters. The molecule has 0 saturated carbocycles. The van der Waals surface area contributed by atoms with E-state index in [2.05, 4.69) is 10.1 Å². The van der Waals surface area contributed by atoms with Crippen molar-refractivity contribution in [2.45, 2.75) is 6.10 Å². The number of hydrogen-bond acceptors (Lipinski definition) is 4. The van der Waals surface area contributed by atoms with E-state index in [1.54, 1.807) is 30.3 Å². The number of aliphatic hydroxyl groups is 1. The average Bonchev–Trinajstić information content (AvgIpc) is 2.58. The van der Waals surface area contributed by atoms with Crippen LogP contribution in [0.3, 0.4) is 0 Å². The van der Waals surface area contributed by atoms with Crippen LogP contribution in [-0.2, 0) is 4.74 Å². The lowest BCUT2D eigenvalue weighted by Crippen LogP contribution is -2.20. The molecular weight excluding hydrogens is 321 g/mol. The summed E-state index contributed by atoms with van der Waals surface area (Å²) < 4.78 is 18.3. The normalized spacial score (nSPS) is 11.8. The van der Waals surface area contributed by atoms with Crippen LogP contribution in [0.25, 0.3) is 11.1 Å². The molecule has 0 saturated heterocycles. The minimum absolute atomic E-state index is 0.157. The Kier molecular flexibility index (Phi) is 5.96. The Morgan fingerprint density at radius 2 is 1.96 bits per heavy atom. The first-order valence-corrected chi connectivity index (χ1v) is 7.54. The summed E-state index contributed by atoms with van der Waals surface area (Å²) in [5.41, 5.74) is 2.31. The molecule has 6 heteroatoms. The SMILES string of the molecule is COC(=O)c1cc(F)cc(-c2ccc(NCC(O)CCl)cc2)c1. The number of hydrogen-bond donors (Lipinski definition) is 2. The first-order valence-electron chi connectivity index (χ1n) is 7.00. The lowest BCUT2D eigenvalue weighted by molar-refractivity contribution is 0.0600. The second kappa shape index (κ2) is 7.94. The van der Waals surface area contributed by atoms with E-state index in [4.69, 9.17) is 11.6 Å². The molecule has 4 nitrogen and oxygen atoms in total. The maximum Gasteiger partial charge on any atom is 0.337 e. The van der Waals surface area contributed by atoms with Crippen LogP contribution in [0.1, 0.15) is 10.4 Å². The number of methoxy groups -OCH3 is 1. The van der Waals surface area contributed by atoms with Gasteiger partial charge in [0.1, 0.15) is 5.82 Å². The summed E-state index contributed by atoms with van der Waals surface area (Å²) >= 11 is 5.53. The zero-order valence-corrected chi connectivity index (χ0v) is 13.3. The van der Waals surface area contributed by atoms with Crippen molar-refractivity contribution >= 4 is 23.3 Å². The average molecular weight is 338 g/mol. The highest BCUT2D eigenvalue weighted by atomic mass is 35.5. The van der Waals surface area contributed by atoms with Gasteiger partial charge in [-0.2, -0.15) is 0 Å². The van der Waals surface area contributed by atoms with Gasteiger partial charge in [-0.1, -0.05) is 12.1 Å². The Labute approximate surface area is 138 Å². The van der Waals surface area contributed by atoms with Gasteiger partial charge in [0.05, 0.1) is 24.7 Å². The van der Waals surface area contributed by atoms with Crippen molar-refractivity contribution in [1.82, 2.24) is 0 Å². The molecule has 0 bridgehead atoms. The number of benzene rings is 2. The molecule has 0 amide bonds. The van der Waals surface area contributed by atoms with Gasteiger partial charge >= 0.3 is 5.97 Å². The fourth-order valence-corrected chi connectivity index (χ4v) is 2.17. The van der Waals surface area contributed by atoms with E-state index < -0.39 is 17.9 Å². The highest BCUT2D eigenvalue weighted by Gasteiger charge is 2.10. The molecule has 23 heavy (non-hydrogen) atoms. The zero-order chi connectivity index (χ0) is 16.8. The molecule has 0 fully saturated rings. The fourth-order valence-electron chi connectivity index (χ4n) is 2.06. The second-order valence-electron chi connectivity index (χ2n) is 4.99. The quantitative estimate of drug-likeness (QED) is 0.627. The Bertz CT molecular complexity index is 676. The van der Waals surface area contributed by atoms with E-state index in [9.17, 15) is 14.3 Å². The van der Waals surface area contributed by atoms with Crippen LogP contribution >= 0.6 is 11.6 Å². The highest BCUT2D eigenvalue weighted by Crippen LogP contribution is 2.24. The van der Waals surface area contributed by atoms with E-state index >= 15 is 0 Å². The van der Waals surface area contributed by atoms with Crippen molar-refractivity contribution in [3.63, 3.8) is 0 Å². The summed E-state index contributed by atoms with van der Waals surface area (Å²) in [6, 6.07) is 11.3. The maximum atomic E-state index is 13.7. The lowest BCUT2D eigenvalue weighted by atomic mass is 10.0. The number of halogens is 2. The molecule has 0 aliphatic carbocycles. The number of aliphatic hydroxyl groups excluding tert-OH is 1. The second-order valence-corrected chi connectivity index (χ2v) is 5.30. The predicted octanol–water partition coefficient (Wildman–Crippen LogP) is 3.29. The number of nitrogens with one attached hydrogen (secondary N) is 1. The molecule has 122 valence electrons. The zero-order valence-electron chi connectivity index (χ0n) is 12.6. The summed E-state index contributed by atoms with van der Waals surface area (Å²) in [6.07, 6.45) is -0.623. The van der Waals surface area contributed by atoms with Crippen molar-refractivity contribution in [1.29, 1.82) is 0 Å². The molecule has 2 rings (SSSR count). The maximum absolute atomic E-state index is 13.7. The molecule has 0 heterocycles. The number of rotatable bonds is 6. The van der Waals surface area contributed by atoms with Crippen LogP contribution < -0.4 is 5.32 Å². The van der Waals surface area contributed by atoms with Crippen molar-refractivity contribution in [2.24, 2.45) is 0 Å². The standard InChI is InChI=1S/C17H17ClFNO3/c1-23-17(22)13-6-12(7-14(19)8-13)11-2-4-15(5-3-11)20-10-16(21)9-18/h2-8,16,20-21H,9-10H2,1H3. The summed E-state index contributed by atoms with van der Waals surface area (Å²) in [5.74, 6) is -0.931. The molecule has 0 aliphatic rings. The minimum Gasteiger partial charge on any atom is -0.465 e. The van der Waals surface area contributed by atoms with Crippen molar-refractivity contribution < 1.29 is 19.0 Å². The van der Waals surface area contributed by atoms with Crippen LogP contribution in [-0.4, -0.2) is 36.7 Å². The predicted molar refractivity (Wildman–Crippen MR) is 88.4 cm³/mol. The first kappa shape index (κ1) is 17.2. The number of ether oxygens (including phenoxy) is 1. The van der Waals surface area contributed by atoms with Crippen LogP contribution in [0.4, 0.5) is 10.1 Å². The van der Waals surface area contributed by atoms with Crippen LogP contribution in [0.2, 0.25) is 0 Å². The third-order valence-corrected chi connectivity index (χ3v) is 3.61. The topological polar surface area (TPSA) is 58.6 Å². The highest BCUT2D eigenvalue weighted by molar-refractivity contribution is 6.18. The first-order chi connectivity index (χ1) is 11.0. The van der Waals surface area contributed by atoms with Gasteiger partial charge in [0.15, 0.2) is 0 Å². The van der Waals surface area contributed by atoms with E-state index in [1.165, 1.54) is 13.2 Å². The van der Waals surface area contributed by atoms with Crippen LogP contribution in [0.5, 0.6) is 0 Å². The van der Waals surface area contributed by atoms with E-state index in [1.807, 2.05) is 0 Å². The smallest absolute Gasteiger partial charge is 0.337 e. The third kappa shape index (κ3) is 4.68. The molecule has 2 N–H and O–H groups in total. The number of carbonyl (C=O) groups excluding carboxylic acids is 1. The van der Waals surface area contributed by atoms with Gasteiger partial charge in [-0.25, -0.2) is 9.18 Å². The molecule has 2 aromatic rings. The van der Waals surface area contributed by atoms with Gasteiger partial charge in [-0.15, -0.1) is 11.6 Å². The molecule has 1 unspecified atom stereocenters. The number of esters is 1. The van der Waals surface area contributed by atoms with E-state index in [0.717, 1.165) is 17.3 Å². The van der Waals surface area contributed by atoms with Crippen LogP contribution in [0.15, 0.2) is 42.5 Å². The van der Waals surface area contributed by atoms with Gasteiger partial charge in [-0.05, 0) is 41.5 Å². The van der Waals surface area contributed by atoms with Gasteiger partial charge in [-0.3, -0.25) is 0 Å².